The first-order valence-electron chi connectivity index (χ1n) is 6.44. The van der Waals surface area contributed by atoms with Gasteiger partial charge >= 0.3 is 7.48 Å². The summed E-state index contributed by atoms with van der Waals surface area (Å²) in [5.41, 5.74) is -1.53. The van der Waals surface area contributed by atoms with Crippen LogP contribution in [-0.4, -0.2) is 23.8 Å². The first-order chi connectivity index (χ1) is 8.72. The third-order valence-corrected chi connectivity index (χ3v) is 4.83. The van der Waals surface area contributed by atoms with Crippen LogP contribution in [0.25, 0.3) is 10.8 Å². The second kappa shape index (κ2) is 4.93. The predicted octanol–water partition coefficient (Wildman–Crippen LogP) is 3.02. The first-order valence-corrected chi connectivity index (χ1v) is 7.25. The minimum atomic E-state index is -0.897. The summed E-state index contributed by atoms with van der Waals surface area (Å²) in [6.07, 6.45) is 0. The summed E-state index contributed by atoms with van der Waals surface area (Å²) in [6.45, 7) is 9.43. The van der Waals surface area contributed by atoms with E-state index in [-0.39, 0.29) is 0 Å². The topological polar surface area (TPSA) is 29.5 Å². The van der Waals surface area contributed by atoms with Gasteiger partial charge in [0.05, 0.1) is 11.2 Å². The minimum absolute atomic E-state index is 0.633. The Bertz CT molecular complexity index is 581. The number of benzene rings is 1. The molecule has 1 aromatic heterocycles. The highest BCUT2D eigenvalue weighted by atomic mass is 32.1. The molecule has 4 heteroatoms. The van der Waals surface area contributed by atoms with E-state index in [1.807, 2.05) is 26.0 Å². The molecule has 0 spiro atoms. The number of thiophene rings is 1. The average molecular weight is 275 g/mol. The van der Waals surface area contributed by atoms with Crippen LogP contribution >= 0.6 is 11.3 Å². The Hall–Kier alpha value is -0.835. The minimum Gasteiger partial charge on any atom is -0.426 e. The van der Waals surface area contributed by atoms with Gasteiger partial charge in [-0.15, -0.1) is 0 Å². The summed E-state index contributed by atoms with van der Waals surface area (Å²) in [4.78, 5) is 1.28. The van der Waals surface area contributed by atoms with Crippen molar-refractivity contribution >= 4 is 34.4 Å². The second-order valence-electron chi connectivity index (χ2n) is 5.87. The monoisotopic (exact) mass is 275 g/mol. The quantitative estimate of drug-likeness (QED) is 0.869. The Morgan fingerprint density at radius 2 is 1.68 bits per heavy atom. The van der Waals surface area contributed by atoms with Gasteiger partial charge in [-0.1, -0.05) is 24.3 Å². The lowest BCUT2D eigenvalue weighted by atomic mass is 9.85. The zero-order chi connectivity index (χ0) is 14.3. The lowest BCUT2D eigenvalue weighted by Crippen LogP contribution is -2.49. The average Bonchev–Trinajstić information content (AvgIpc) is 2.63. The SMILES string of the molecule is Cc1sc([B]OC(C)(C)C(C)(C)O)c2ccccc12. The van der Waals surface area contributed by atoms with Crippen molar-refractivity contribution in [3.63, 3.8) is 0 Å². The van der Waals surface area contributed by atoms with Crippen molar-refractivity contribution in [3.8, 4) is 0 Å². The van der Waals surface area contributed by atoms with E-state index in [0.29, 0.717) is 0 Å². The standard InChI is InChI=1S/C15H20BO2S/c1-10-11-8-6-7-9-12(11)13(19-10)16-18-15(4,5)14(2,3)17/h6-9,17H,1-5H3. The van der Waals surface area contributed by atoms with Crippen molar-refractivity contribution in [1.82, 2.24) is 0 Å². The summed E-state index contributed by atoms with van der Waals surface area (Å²) in [6, 6.07) is 8.31. The third kappa shape index (κ3) is 2.86. The van der Waals surface area contributed by atoms with Gasteiger partial charge in [0.25, 0.3) is 0 Å². The van der Waals surface area contributed by atoms with Gasteiger partial charge in [0, 0.05) is 9.65 Å². The van der Waals surface area contributed by atoms with Crippen LogP contribution in [0.2, 0.25) is 0 Å². The van der Waals surface area contributed by atoms with Gasteiger partial charge in [0.2, 0.25) is 0 Å². The Balaban J connectivity index is 2.24. The molecule has 1 N–H and O–H groups in total. The Morgan fingerprint density at radius 3 is 2.26 bits per heavy atom. The fourth-order valence-corrected chi connectivity index (χ4v) is 2.71. The van der Waals surface area contributed by atoms with Gasteiger partial charge in [-0.3, -0.25) is 0 Å². The zero-order valence-corrected chi connectivity index (χ0v) is 13.0. The van der Waals surface area contributed by atoms with E-state index < -0.39 is 11.2 Å². The van der Waals surface area contributed by atoms with Crippen LogP contribution in [0.4, 0.5) is 0 Å². The van der Waals surface area contributed by atoms with Gasteiger partial charge in [-0.05, 0) is 45.4 Å². The van der Waals surface area contributed by atoms with Crippen LogP contribution in [0.5, 0.6) is 0 Å². The van der Waals surface area contributed by atoms with E-state index in [1.165, 1.54) is 15.6 Å². The Labute approximate surface area is 119 Å². The number of aryl methyl sites for hydroxylation is 1. The highest BCUT2D eigenvalue weighted by molar-refractivity contribution is 7.23. The number of hydrogen-bond acceptors (Lipinski definition) is 3. The van der Waals surface area contributed by atoms with Crippen molar-refractivity contribution in [2.75, 3.05) is 0 Å². The normalized spacial score (nSPS) is 12.9. The van der Waals surface area contributed by atoms with Crippen LogP contribution in [0.1, 0.15) is 32.6 Å². The van der Waals surface area contributed by atoms with Crippen molar-refractivity contribution in [2.24, 2.45) is 0 Å². The Morgan fingerprint density at radius 1 is 1.11 bits per heavy atom. The maximum atomic E-state index is 10.1. The molecule has 0 fully saturated rings. The molecular formula is C15H20BO2S. The maximum Gasteiger partial charge on any atom is 0.342 e. The molecule has 19 heavy (non-hydrogen) atoms. The van der Waals surface area contributed by atoms with E-state index in [2.05, 4.69) is 19.1 Å². The van der Waals surface area contributed by atoms with E-state index >= 15 is 0 Å². The van der Waals surface area contributed by atoms with Gasteiger partial charge in [-0.2, -0.15) is 11.3 Å². The van der Waals surface area contributed by atoms with Gasteiger partial charge < -0.3 is 9.76 Å². The van der Waals surface area contributed by atoms with Crippen molar-refractivity contribution in [1.29, 1.82) is 0 Å². The van der Waals surface area contributed by atoms with Gasteiger partial charge in [-0.25, -0.2) is 0 Å². The number of aliphatic hydroxyl groups is 1. The van der Waals surface area contributed by atoms with Gasteiger partial charge in [0.1, 0.15) is 0 Å². The zero-order valence-electron chi connectivity index (χ0n) is 12.2. The molecule has 0 amide bonds. The molecule has 1 heterocycles. The summed E-state index contributed by atoms with van der Waals surface area (Å²) >= 11 is 1.72. The smallest absolute Gasteiger partial charge is 0.342 e. The molecule has 101 valence electrons. The Kier molecular flexibility index (Phi) is 3.78. The largest absolute Gasteiger partial charge is 0.426 e. The van der Waals surface area contributed by atoms with Gasteiger partial charge in [0.15, 0.2) is 0 Å². The molecule has 2 rings (SSSR count). The number of hydrogen-bond donors (Lipinski definition) is 1. The van der Waals surface area contributed by atoms with Crippen molar-refractivity contribution in [2.45, 2.75) is 45.8 Å². The predicted molar refractivity (Wildman–Crippen MR) is 83.4 cm³/mol. The molecule has 0 saturated carbocycles. The van der Waals surface area contributed by atoms with E-state index in [9.17, 15) is 5.11 Å². The summed E-state index contributed by atoms with van der Waals surface area (Å²) in [5.74, 6) is 0. The fourth-order valence-electron chi connectivity index (χ4n) is 1.71. The molecule has 1 aromatic carbocycles. The summed E-state index contributed by atoms with van der Waals surface area (Å²) in [5, 5.41) is 12.6. The molecule has 0 atom stereocenters. The molecule has 0 aliphatic rings. The maximum absolute atomic E-state index is 10.1. The molecule has 0 unspecified atom stereocenters. The lowest BCUT2D eigenvalue weighted by molar-refractivity contribution is -0.0892. The lowest BCUT2D eigenvalue weighted by Gasteiger charge is -2.37. The van der Waals surface area contributed by atoms with E-state index in [0.717, 1.165) is 4.78 Å². The van der Waals surface area contributed by atoms with Crippen LogP contribution in [0.15, 0.2) is 24.3 Å². The molecule has 0 saturated heterocycles. The second-order valence-corrected chi connectivity index (χ2v) is 7.13. The number of fused-ring (bicyclic) bond motifs is 1. The molecule has 2 nitrogen and oxygen atoms in total. The van der Waals surface area contributed by atoms with E-state index in [1.54, 1.807) is 32.7 Å². The van der Waals surface area contributed by atoms with E-state index in [4.69, 9.17) is 4.65 Å². The molecular weight excluding hydrogens is 255 g/mol. The van der Waals surface area contributed by atoms with Crippen LogP contribution in [0, 0.1) is 6.92 Å². The van der Waals surface area contributed by atoms with Crippen LogP contribution in [-0.2, 0) is 4.65 Å². The van der Waals surface area contributed by atoms with Crippen LogP contribution < -0.4 is 4.78 Å². The summed E-state index contributed by atoms with van der Waals surface area (Å²) < 4.78 is 6.94. The van der Waals surface area contributed by atoms with Crippen molar-refractivity contribution in [3.05, 3.63) is 29.1 Å². The fraction of sp³-hybridized carbons (Fsp3) is 0.467. The summed E-state index contributed by atoms with van der Waals surface area (Å²) in [7, 11) is 1.78. The molecule has 1 radical (unpaired) electrons. The molecule has 0 aliphatic carbocycles. The molecule has 2 aromatic rings. The van der Waals surface area contributed by atoms with Crippen molar-refractivity contribution < 1.29 is 9.76 Å². The van der Waals surface area contributed by atoms with Crippen LogP contribution in [0.3, 0.4) is 0 Å². The number of rotatable bonds is 4. The molecule has 0 aliphatic heterocycles. The highest BCUT2D eigenvalue weighted by Crippen LogP contribution is 2.26. The first kappa shape index (κ1) is 14.6. The highest BCUT2D eigenvalue weighted by Gasteiger charge is 2.36. The molecule has 0 bridgehead atoms. The third-order valence-electron chi connectivity index (χ3n) is 3.77.